The molecule has 0 saturated carbocycles. The van der Waals surface area contributed by atoms with Gasteiger partial charge in [-0.1, -0.05) is 25.1 Å². The Kier molecular flexibility index (Phi) is 4.43. The third-order valence-electron chi connectivity index (χ3n) is 2.85. The predicted molar refractivity (Wildman–Crippen MR) is 76.6 cm³/mol. The Bertz CT molecular complexity index is 616. The molecular weight excluding hydrogens is 258 g/mol. The van der Waals surface area contributed by atoms with Crippen molar-refractivity contribution >= 4 is 11.6 Å². The Balaban J connectivity index is 2.30. The molecule has 3 heteroatoms. The number of halogens is 1. The minimum atomic E-state index is 0.389. The Morgan fingerprint density at radius 1 is 1.16 bits per heavy atom. The van der Waals surface area contributed by atoms with Crippen molar-refractivity contribution in [2.75, 3.05) is 0 Å². The minimum Gasteiger partial charge on any atom is -0.456 e. The molecule has 0 aliphatic carbocycles. The standard InChI is InChI=1S/C16H14ClNO/c1-2-12-4-3-5-15(9-12)19-16-7-6-13(10-17)8-14(16)11-18/h3-9H,2,10H2,1H3. The van der Waals surface area contributed by atoms with Crippen LogP contribution in [0.25, 0.3) is 0 Å². The van der Waals surface area contributed by atoms with Crippen molar-refractivity contribution in [3.63, 3.8) is 0 Å². The molecular formula is C16H14ClNO. The van der Waals surface area contributed by atoms with Crippen LogP contribution in [0.2, 0.25) is 0 Å². The lowest BCUT2D eigenvalue weighted by molar-refractivity contribution is 0.480. The van der Waals surface area contributed by atoms with Crippen molar-refractivity contribution in [2.24, 2.45) is 0 Å². The lowest BCUT2D eigenvalue weighted by atomic mass is 10.1. The molecule has 0 spiro atoms. The molecule has 0 aromatic heterocycles. The minimum absolute atomic E-state index is 0.389. The Morgan fingerprint density at radius 2 is 2.00 bits per heavy atom. The van der Waals surface area contributed by atoms with Gasteiger partial charge in [0.25, 0.3) is 0 Å². The largest absolute Gasteiger partial charge is 0.456 e. The van der Waals surface area contributed by atoms with Gasteiger partial charge in [0.05, 0.1) is 5.56 Å². The van der Waals surface area contributed by atoms with E-state index in [1.54, 1.807) is 12.1 Å². The molecule has 0 saturated heterocycles. The second-order valence-electron chi connectivity index (χ2n) is 4.18. The quantitative estimate of drug-likeness (QED) is 0.758. The van der Waals surface area contributed by atoms with Gasteiger partial charge in [-0.3, -0.25) is 0 Å². The van der Waals surface area contributed by atoms with E-state index in [2.05, 4.69) is 19.1 Å². The number of nitrogens with zero attached hydrogens (tertiary/aromatic N) is 1. The van der Waals surface area contributed by atoms with Crippen LogP contribution >= 0.6 is 11.6 Å². The number of hydrogen-bond acceptors (Lipinski definition) is 2. The monoisotopic (exact) mass is 271 g/mol. The van der Waals surface area contributed by atoms with Crippen LogP contribution in [0.4, 0.5) is 0 Å². The molecule has 0 N–H and O–H groups in total. The zero-order valence-corrected chi connectivity index (χ0v) is 11.4. The summed E-state index contributed by atoms with van der Waals surface area (Å²) < 4.78 is 5.78. The molecule has 2 nitrogen and oxygen atoms in total. The molecule has 0 unspecified atom stereocenters. The second kappa shape index (κ2) is 6.26. The molecule has 0 radical (unpaired) electrons. The van der Waals surface area contributed by atoms with Crippen LogP contribution < -0.4 is 4.74 Å². The molecule has 2 rings (SSSR count). The fourth-order valence-corrected chi connectivity index (χ4v) is 1.96. The normalized spacial score (nSPS) is 9.95. The van der Waals surface area contributed by atoms with Gasteiger partial charge in [0.2, 0.25) is 0 Å². The topological polar surface area (TPSA) is 33.0 Å². The maximum Gasteiger partial charge on any atom is 0.145 e. The van der Waals surface area contributed by atoms with Gasteiger partial charge in [0, 0.05) is 5.88 Å². The number of hydrogen-bond donors (Lipinski definition) is 0. The molecule has 96 valence electrons. The van der Waals surface area contributed by atoms with E-state index in [-0.39, 0.29) is 0 Å². The van der Waals surface area contributed by atoms with Crippen LogP contribution in [0.5, 0.6) is 11.5 Å². The lowest BCUT2D eigenvalue weighted by Gasteiger charge is -2.09. The van der Waals surface area contributed by atoms with E-state index in [9.17, 15) is 0 Å². The zero-order valence-electron chi connectivity index (χ0n) is 10.7. The van der Waals surface area contributed by atoms with Gasteiger partial charge in [-0.15, -0.1) is 11.6 Å². The highest BCUT2D eigenvalue weighted by Gasteiger charge is 2.06. The molecule has 0 fully saturated rings. The number of nitriles is 1. The van der Waals surface area contributed by atoms with E-state index in [0.29, 0.717) is 17.2 Å². The first-order valence-electron chi connectivity index (χ1n) is 6.12. The van der Waals surface area contributed by atoms with Gasteiger partial charge in [-0.2, -0.15) is 5.26 Å². The van der Waals surface area contributed by atoms with Crippen molar-refractivity contribution in [3.05, 3.63) is 59.2 Å². The van der Waals surface area contributed by atoms with E-state index < -0.39 is 0 Å². The summed E-state index contributed by atoms with van der Waals surface area (Å²) in [5.41, 5.74) is 2.61. The van der Waals surface area contributed by atoms with E-state index in [0.717, 1.165) is 17.7 Å². The van der Waals surface area contributed by atoms with Crippen LogP contribution in [-0.2, 0) is 12.3 Å². The molecule has 0 bridgehead atoms. The van der Waals surface area contributed by atoms with Crippen molar-refractivity contribution in [1.82, 2.24) is 0 Å². The summed E-state index contributed by atoms with van der Waals surface area (Å²) in [6.07, 6.45) is 0.952. The smallest absolute Gasteiger partial charge is 0.145 e. The van der Waals surface area contributed by atoms with Crippen molar-refractivity contribution in [2.45, 2.75) is 19.2 Å². The number of alkyl halides is 1. The van der Waals surface area contributed by atoms with Gasteiger partial charge in [-0.05, 0) is 41.8 Å². The highest BCUT2D eigenvalue weighted by atomic mass is 35.5. The van der Waals surface area contributed by atoms with Gasteiger partial charge in [0.1, 0.15) is 17.6 Å². The number of ether oxygens (including phenoxy) is 1. The summed E-state index contributed by atoms with van der Waals surface area (Å²) in [6.45, 7) is 2.09. The van der Waals surface area contributed by atoms with E-state index in [1.807, 2.05) is 24.3 Å². The summed E-state index contributed by atoms with van der Waals surface area (Å²) in [6, 6.07) is 15.4. The lowest BCUT2D eigenvalue weighted by Crippen LogP contribution is -1.91. The van der Waals surface area contributed by atoms with Crippen molar-refractivity contribution < 1.29 is 4.74 Å². The maximum atomic E-state index is 9.14. The second-order valence-corrected chi connectivity index (χ2v) is 4.45. The fraction of sp³-hybridized carbons (Fsp3) is 0.188. The number of aryl methyl sites for hydroxylation is 1. The predicted octanol–water partition coefficient (Wildman–Crippen LogP) is 4.65. The summed E-state index contributed by atoms with van der Waals surface area (Å²) in [5.74, 6) is 1.69. The average molecular weight is 272 g/mol. The Hall–Kier alpha value is -1.98. The molecule has 0 aliphatic heterocycles. The van der Waals surface area contributed by atoms with Crippen LogP contribution in [0.1, 0.15) is 23.6 Å². The molecule has 0 aliphatic rings. The highest BCUT2D eigenvalue weighted by Crippen LogP contribution is 2.27. The molecule has 2 aromatic carbocycles. The zero-order chi connectivity index (χ0) is 13.7. The first kappa shape index (κ1) is 13.5. The summed E-state index contributed by atoms with van der Waals surface area (Å²) >= 11 is 5.76. The maximum absolute atomic E-state index is 9.14. The van der Waals surface area contributed by atoms with Gasteiger partial charge >= 0.3 is 0 Å². The third-order valence-corrected chi connectivity index (χ3v) is 3.16. The van der Waals surface area contributed by atoms with Gasteiger partial charge in [-0.25, -0.2) is 0 Å². The summed E-state index contributed by atoms with van der Waals surface area (Å²) in [7, 11) is 0. The van der Waals surface area contributed by atoms with Crippen LogP contribution in [0.15, 0.2) is 42.5 Å². The molecule has 19 heavy (non-hydrogen) atoms. The van der Waals surface area contributed by atoms with Crippen molar-refractivity contribution in [3.8, 4) is 17.6 Å². The van der Waals surface area contributed by atoms with E-state index in [4.69, 9.17) is 21.6 Å². The average Bonchev–Trinajstić information content (AvgIpc) is 2.48. The summed E-state index contributed by atoms with van der Waals surface area (Å²) in [4.78, 5) is 0. The third kappa shape index (κ3) is 3.27. The first-order chi connectivity index (χ1) is 9.26. The molecule has 2 aromatic rings. The fourth-order valence-electron chi connectivity index (χ4n) is 1.79. The summed E-state index contributed by atoms with van der Waals surface area (Å²) in [5, 5.41) is 9.14. The molecule has 0 heterocycles. The number of benzene rings is 2. The first-order valence-corrected chi connectivity index (χ1v) is 6.66. The van der Waals surface area contributed by atoms with Crippen LogP contribution in [0, 0.1) is 11.3 Å². The van der Waals surface area contributed by atoms with Gasteiger partial charge in [0.15, 0.2) is 0 Å². The van der Waals surface area contributed by atoms with Crippen LogP contribution in [-0.4, -0.2) is 0 Å². The number of rotatable bonds is 4. The van der Waals surface area contributed by atoms with Crippen molar-refractivity contribution in [1.29, 1.82) is 5.26 Å². The van der Waals surface area contributed by atoms with E-state index >= 15 is 0 Å². The SMILES string of the molecule is CCc1cccc(Oc2ccc(CCl)cc2C#N)c1. The van der Waals surface area contributed by atoms with E-state index in [1.165, 1.54) is 5.56 Å². The van der Waals surface area contributed by atoms with Gasteiger partial charge < -0.3 is 4.74 Å². The molecule has 0 atom stereocenters. The highest BCUT2D eigenvalue weighted by molar-refractivity contribution is 6.17. The van der Waals surface area contributed by atoms with Crippen LogP contribution in [0.3, 0.4) is 0 Å². The molecule has 0 amide bonds. The Morgan fingerprint density at radius 3 is 2.68 bits per heavy atom. The Labute approximate surface area is 118 Å².